The highest BCUT2D eigenvalue weighted by molar-refractivity contribution is 8.22. The molecule has 0 fully saturated rings. The largest absolute Gasteiger partial charge is 0.480 e. The van der Waals surface area contributed by atoms with Crippen molar-refractivity contribution >= 4 is 45.9 Å². The monoisotopic (exact) mass is 297 g/mol. The van der Waals surface area contributed by atoms with Crippen LogP contribution in [0.5, 0.6) is 0 Å². The molecule has 1 N–H and O–H groups in total. The van der Waals surface area contributed by atoms with Crippen molar-refractivity contribution in [2.75, 3.05) is 0 Å². The zero-order chi connectivity index (χ0) is 13.4. The number of hydrogen-bond donors (Lipinski definition) is 1. The number of nitriles is 1. The van der Waals surface area contributed by atoms with Gasteiger partial charge in [0.05, 0.1) is 0 Å². The van der Waals surface area contributed by atoms with E-state index in [0.717, 1.165) is 23.1 Å². The number of thiocyanates is 1. The Kier molecular flexibility index (Phi) is 6.80. The lowest BCUT2D eigenvalue weighted by Crippen LogP contribution is -2.18. The van der Waals surface area contributed by atoms with Gasteiger partial charge in [-0.05, 0) is 17.3 Å². The van der Waals surface area contributed by atoms with Gasteiger partial charge in [-0.15, -0.1) is 11.8 Å². The SMILES string of the molecule is N#CSC(CC(=S)SCc1ccccc1)C(=O)O. The number of hydrogen-bond acceptors (Lipinski definition) is 5. The fourth-order valence-corrected chi connectivity index (χ4v) is 3.03. The molecule has 1 rings (SSSR count). The molecule has 0 aliphatic rings. The van der Waals surface area contributed by atoms with Crippen LogP contribution >= 0.6 is 35.7 Å². The van der Waals surface area contributed by atoms with Crippen LogP contribution in [0, 0.1) is 10.7 Å². The lowest BCUT2D eigenvalue weighted by Gasteiger charge is -2.08. The first-order valence-corrected chi connectivity index (χ1v) is 7.38. The first kappa shape index (κ1) is 15.0. The van der Waals surface area contributed by atoms with E-state index < -0.39 is 11.2 Å². The molecule has 0 saturated carbocycles. The number of nitrogens with zero attached hydrogens (tertiary/aromatic N) is 1. The van der Waals surface area contributed by atoms with E-state index in [1.807, 2.05) is 30.3 Å². The van der Waals surface area contributed by atoms with Crippen LogP contribution in [0.2, 0.25) is 0 Å². The lowest BCUT2D eigenvalue weighted by molar-refractivity contribution is -0.136. The van der Waals surface area contributed by atoms with Crippen LogP contribution in [0.15, 0.2) is 30.3 Å². The Morgan fingerprint density at radius 1 is 1.44 bits per heavy atom. The summed E-state index contributed by atoms with van der Waals surface area (Å²) in [4.78, 5) is 10.9. The quantitative estimate of drug-likeness (QED) is 0.642. The van der Waals surface area contributed by atoms with Gasteiger partial charge in [-0.1, -0.05) is 42.5 Å². The van der Waals surface area contributed by atoms with Gasteiger partial charge in [0.2, 0.25) is 0 Å². The summed E-state index contributed by atoms with van der Waals surface area (Å²) in [5.41, 5.74) is 1.14. The van der Waals surface area contributed by atoms with Gasteiger partial charge >= 0.3 is 5.97 Å². The lowest BCUT2D eigenvalue weighted by atomic mass is 10.2. The fourth-order valence-electron chi connectivity index (χ4n) is 1.19. The molecule has 0 heterocycles. The molecule has 0 aliphatic carbocycles. The smallest absolute Gasteiger partial charge is 0.318 e. The van der Waals surface area contributed by atoms with Crippen molar-refractivity contribution in [2.24, 2.45) is 0 Å². The number of carboxylic acids is 1. The average Bonchev–Trinajstić information content (AvgIpc) is 2.37. The Morgan fingerprint density at radius 3 is 2.67 bits per heavy atom. The van der Waals surface area contributed by atoms with E-state index in [1.165, 1.54) is 11.8 Å². The number of carboxylic acid groups (broad SMARTS) is 1. The van der Waals surface area contributed by atoms with Crippen LogP contribution in [-0.4, -0.2) is 20.5 Å². The minimum absolute atomic E-state index is 0.237. The van der Waals surface area contributed by atoms with Crippen LogP contribution in [0.4, 0.5) is 0 Å². The van der Waals surface area contributed by atoms with Crippen molar-refractivity contribution in [1.29, 1.82) is 5.26 Å². The number of benzene rings is 1. The second-order valence-electron chi connectivity index (χ2n) is 3.39. The van der Waals surface area contributed by atoms with E-state index in [4.69, 9.17) is 22.6 Å². The zero-order valence-electron chi connectivity index (χ0n) is 9.41. The van der Waals surface area contributed by atoms with E-state index >= 15 is 0 Å². The minimum Gasteiger partial charge on any atom is -0.480 e. The molecule has 1 aromatic carbocycles. The third kappa shape index (κ3) is 5.54. The Hall–Kier alpha value is -1.03. The molecule has 0 amide bonds. The number of thiocarbonyl (C=S) groups is 1. The summed E-state index contributed by atoms with van der Waals surface area (Å²) in [7, 11) is 0. The minimum atomic E-state index is -0.996. The summed E-state index contributed by atoms with van der Waals surface area (Å²) in [5.74, 6) is -0.271. The molecular formula is C12H11NO2S3. The Bertz CT molecular complexity index is 456. The van der Waals surface area contributed by atoms with Crippen LogP contribution in [0.25, 0.3) is 0 Å². The molecule has 0 spiro atoms. The number of carbonyl (C=O) groups is 1. The Labute approximate surface area is 120 Å². The maximum atomic E-state index is 10.9. The normalized spacial score (nSPS) is 11.5. The molecule has 94 valence electrons. The maximum Gasteiger partial charge on any atom is 0.318 e. The Morgan fingerprint density at radius 2 is 2.11 bits per heavy atom. The van der Waals surface area contributed by atoms with Crippen LogP contribution < -0.4 is 0 Å². The third-order valence-corrected chi connectivity index (χ3v) is 4.31. The molecule has 0 bridgehead atoms. The highest BCUT2D eigenvalue weighted by atomic mass is 32.2. The van der Waals surface area contributed by atoms with Gasteiger partial charge in [-0.3, -0.25) is 4.79 Å². The molecule has 1 unspecified atom stereocenters. The van der Waals surface area contributed by atoms with Crippen molar-refractivity contribution in [3.8, 4) is 5.40 Å². The first-order chi connectivity index (χ1) is 8.63. The summed E-state index contributed by atoms with van der Waals surface area (Å²) in [5, 5.41) is 18.4. The molecule has 0 saturated heterocycles. The molecule has 1 atom stereocenters. The standard InChI is InChI=1S/C12H11NO2S3/c13-8-18-10(12(14)15)6-11(16)17-7-9-4-2-1-3-5-9/h1-5,10H,6-7H2,(H,14,15). The maximum absolute atomic E-state index is 10.9. The van der Waals surface area contributed by atoms with Crippen LogP contribution in [0.3, 0.4) is 0 Å². The highest BCUT2D eigenvalue weighted by Crippen LogP contribution is 2.22. The topological polar surface area (TPSA) is 61.1 Å². The van der Waals surface area contributed by atoms with Gasteiger partial charge in [0.25, 0.3) is 0 Å². The van der Waals surface area contributed by atoms with Crippen molar-refractivity contribution in [1.82, 2.24) is 0 Å². The van der Waals surface area contributed by atoms with Crippen LogP contribution in [0.1, 0.15) is 12.0 Å². The molecule has 0 radical (unpaired) electrons. The summed E-state index contributed by atoms with van der Waals surface area (Å²) in [6, 6.07) is 9.83. The van der Waals surface area contributed by atoms with E-state index in [1.54, 1.807) is 5.40 Å². The summed E-state index contributed by atoms with van der Waals surface area (Å²) in [6.45, 7) is 0. The zero-order valence-corrected chi connectivity index (χ0v) is 11.9. The summed E-state index contributed by atoms with van der Waals surface area (Å²) >= 11 is 7.33. The Balaban J connectivity index is 2.42. The second-order valence-corrected chi connectivity index (χ2v) is 6.20. The van der Waals surface area contributed by atoms with Crippen molar-refractivity contribution in [2.45, 2.75) is 17.4 Å². The molecule has 18 heavy (non-hydrogen) atoms. The predicted molar refractivity (Wildman–Crippen MR) is 79.6 cm³/mol. The first-order valence-electron chi connectivity index (χ1n) is 5.10. The second kappa shape index (κ2) is 8.14. The van der Waals surface area contributed by atoms with E-state index in [0.29, 0.717) is 4.20 Å². The van der Waals surface area contributed by atoms with Gasteiger partial charge in [0.1, 0.15) is 10.7 Å². The predicted octanol–water partition coefficient (Wildman–Crippen LogP) is 3.30. The van der Waals surface area contributed by atoms with E-state index in [2.05, 4.69) is 0 Å². The molecule has 0 aliphatic heterocycles. The van der Waals surface area contributed by atoms with Crippen LogP contribution in [-0.2, 0) is 10.5 Å². The van der Waals surface area contributed by atoms with Gasteiger partial charge < -0.3 is 5.11 Å². The fraction of sp³-hybridized carbons (Fsp3) is 0.250. The van der Waals surface area contributed by atoms with Crippen molar-refractivity contribution in [3.63, 3.8) is 0 Å². The molecule has 0 aromatic heterocycles. The van der Waals surface area contributed by atoms with Gasteiger partial charge in [0, 0.05) is 16.4 Å². The average molecular weight is 297 g/mol. The van der Waals surface area contributed by atoms with Gasteiger partial charge in [-0.25, -0.2) is 0 Å². The van der Waals surface area contributed by atoms with Crippen molar-refractivity contribution in [3.05, 3.63) is 35.9 Å². The molecular weight excluding hydrogens is 286 g/mol. The van der Waals surface area contributed by atoms with E-state index in [-0.39, 0.29) is 6.42 Å². The summed E-state index contributed by atoms with van der Waals surface area (Å²) in [6.07, 6.45) is 0.237. The number of rotatable bonds is 6. The number of thioether (sulfide) groups is 2. The third-order valence-electron chi connectivity index (χ3n) is 2.07. The number of aliphatic carboxylic acids is 1. The van der Waals surface area contributed by atoms with Gasteiger partial charge in [0.15, 0.2) is 0 Å². The highest BCUT2D eigenvalue weighted by Gasteiger charge is 2.20. The van der Waals surface area contributed by atoms with Gasteiger partial charge in [-0.2, -0.15) is 5.26 Å². The van der Waals surface area contributed by atoms with E-state index in [9.17, 15) is 4.79 Å². The summed E-state index contributed by atoms with van der Waals surface area (Å²) < 4.78 is 0.619. The molecule has 6 heteroatoms. The van der Waals surface area contributed by atoms with Crippen molar-refractivity contribution < 1.29 is 9.90 Å². The molecule has 1 aromatic rings. The molecule has 3 nitrogen and oxygen atoms in total.